The van der Waals surface area contributed by atoms with Gasteiger partial charge in [0.25, 0.3) is 0 Å². The van der Waals surface area contributed by atoms with Gasteiger partial charge in [-0.25, -0.2) is 0 Å². The maximum atomic E-state index is 5.84. The van der Waals surface area contributed by atoms with Crippen LogP contribution in [-0.2, 0) is 13.0 Å². The third-order valence-corrected chi connectivity index (χ3v) is 4.81. The molecule has 0 amide bonds. The lowest BCUT2D eigenvalue weighted by Gasteiger charge is -2.16. The molecule has 0 fully saturated rings. The Morgan fingerprint density at radius 2 is 2.00 bits per heavy atom. The summed E-state index contributed by atoms with van der Waals surface area (Å²) in [6.45, 7) is 5.70. The molecule has 0 spiro atoms. The third kappa shape index (κ3) is 4.40. The molecule has 3 rings (SSSR count). The molecule has 0 aliphatic heterocycles. The maximum Gasteiger partial charge on any atom is 0.175 e. The van der Waals surface area contributed by atoms with E-state index in [1.165, 1.54) is 16.5 Å². The Morgan fingerprint density at radius 1 is 1.19 bits per heavy atom. The van der Waals surface area contributed by atoms with E-state index in [1.54, 1.807) is 7.11 Å². The predicted octanol–water partition coefficient (Wildman–Crippen LogP) is 5.06. The highest BCUT2D eigenvalue weighted by Crippen LogP contribution is 2.37. The number of halogens is 1. The van der Waals surface area contributed by atoms with Crippen molar-refractivity contribution in [3.05, 3.63) is 58.2 Å². The fraction of sp³-hybridized carbons (Fsp3) is 0.333. The van der Waals surface area contributed by atoms with Gasteiger partial charge in [0.05, 0.1) is 17.7 Å². The molecule has 0 aliphatic rings. The molecule has 3 aromatic rings. The molecular formula is C21H25BrN2O2. The van der Waals surface area contributed by atoms with E-state index in [0.29, 0.717) is 0 Å². The number of aromatic amines is 1. The van der Waals surface area contributed by atoms with Crippen molar-refractivity contribution in [3.8, 4) is 11.5 Å². The van der Waals surface area contributed by atoms with Crippen molar-refractivity contribution in [3.63, 3.8) is 0 Å². The first-order valence-electron chi connectivity index (χ1n) is 8.87. The number of hydrogen-bond acceptors (Lipinski definition) is 3. The molecule has 1 aromatic heterocycles. The van der Waals surface area contributed by atoms with E-state index in [1.807, 2.05) is 19.9 Å². The van der Waals surface area contributed by atoms with Gasteiger partial charge in [0, 0.05) is 23.6 Å². The third-order valence-electron chi connectivity index (χ3n) is 4.22. The van der Waals surface area contributed by atoms with Gasteiger partial charge in [0.15, 0.2) is 11.5 Å². The summed E-state index contributed by atoms with van der Waals surface area (Å²) in [5.74, 6) is 1.51. The van der Waals surface area contributed by atoms with Crippen LogP contribution in [0.2, 0.25) is 0 Å². The van der Waals surface area contributed by atoms with Crippen LogP contribution in [0.1, 0.15) is 25.0 Å². The molecule has 26 heavy (non-hydrogen) atoms. The topological polar surface area (TPSA) is 46.3 Å². The summed E-state index contributed by atoms with van der Waals surface area (Å²) >= 11 is 3.60. The Morgan fingerprint density at radius 3 is 2.77 bits per heavy atom. The number of nitrogens with one attached hydrogen (secondary N) is 2. The van der Waals surface area contributed by atoms with Crippen LogP contribution < -0.4 is 14.8 Å². The number of methoxy groups -OCH3 is 1. The number of para-hydroxylation sites is 1. The number of ether oxygens (including phenoxy) is 2. The maximum absolute atomic E-state index is 5.84. The Kier molecular flexibility index (Phi) is 6.22. The van der Waals surface area contributed by atoms with E-state index in [9.17, 15) is 0 Å². The minimum absolute atomic E-state index is 0.0975. The van der Waals surface area contributed by atoms with Crippen molar-refractivity contribution in [1.29, 1.82) is 0 Å². The lowest BCUT2D eigenvalue weighted by atomic mass is 10.1. The van der Waals surface area contributed by atoms with Gasteiger partial charge in [-0.2, -0.15) is 0 Å². The molecule has 0 radical (unpaired) electrons. The van der Waals surface area contributed by atoms with Crippen LogP contribution in [-0.4, -0.2) is 24.7 Å². The number of fused-ring (bicyclic) bond motifs is 1. The Labute approximate surface area is 163 Å². The molecule has 0 saturated carbocycles. The molecule has 2 N–H and O–H groups in total. The van der Waals surface area contributed by atoms with Crippen LogP contribution in [0.15, 0.2) is 47.1 Å². The molecular weight excluding hydrogens is 392 g/mol. The van der Waals surface area contributed by atoms with E-state index >= 15 is 0 Å². The molecule has 0 aliphatic carbocycles. The SMILES string of the molecule is COc1cc(CNCCc2c[nH]c3ccccc23)cc(Br)c1OC(C)C. The van der Waals surface area contributed by atoms with Crippen molar-refractivity contribution in [2.45, 2.75) is 32.9 Å². The zero-order valence-corrected chi connectivity index (χ0v) is 17.0. The van der Waals surface area contributed by atoms with Crippen LogP contribution in [0.3, 0.4) is 0 Å². The molecule has 2 aromatic carbocycles. The number of benzene rings is 2. The molecule has 4 nitrogen and oxygen atoms in total. The summed E-state index contributed by atoms with van der Waals surface area (Å²) in [6, 6.07) is 12.5. The van der Waals surface area contributed by atoms with Crippen LogP contribution in [0.25, 0.3) is 10.9 Å². The van der Waals surface area contributed by atoms with Crippen LogP contribution in [0, 0.1) is 0 Å². The zero-order chi connectivity index (χ0) is 18.5. The Balaban J connectivity index is 1.60. The zero-order valence-electron chi connectivity index (χ0n) is 15.4. The van der Waals surface area contributed by atoms with E-state index in [2.05, 4.69) is 62.8 Å². The van der Waals surface area contributed by atoms with Gasteiger partial charge in [-0.15, -0.1) is 0 Å². The highest BCUT2D eigenvalue weighted by molar-refractivity contribution is 9.10. The Hall–Kier alpha value is -1.98. The van der Waals surface area contributed by atoms with Gasteiger partial charge in [-0.3, -0.25) is 0 Å². The van der Waals surface area contributed by atoms with Crippen LogP contribution in [0.4, 0.5) is 0 Å². The average molecular weight is 417 g/mol. The normalized spacial score (nSPS) is 11.3. The monoisotopic (exact) mass is 416 g/mol. The number of aromatic nitrogens is 1. The van der Waals surface area contributed by atoms with E-state index in [-0.39, 0.29) is 6.10 Å². The first-order chi connectivity index (χ1) is 12.6. The second-order valence-corrected chi connectivity index (χ2v) is 7.42. The highest BCUT2D eigenvalue weighted by atomic mass is 79.9. The molecule has 0 atom stereocenters. The van der Waals surface area contributed by atoms with Gasteiger partial charge in [-0.1, -0.05) is 18.2 Å². The second kappa shape index (κ2) is 8.60. The van der Waals surface area contributed by atoms with Gasteiger partial charge in [0.2, 0.25) is 0 Å². The molecule has 5 heteroatoms. The van der Waals surface area contributed by atoms with Crippen molar-refractivity contribution < 1.29 is 9.47 Å². The quantitative estimate of drug-likeness (QED) is 0.504. The summed E-state index contributed by atoms with van der Waals surface area (Å²) in [5, 5.41) is 4.81. The first kappa shape index (κ1) is 18.8. The minimum Gasteiger partial charge on any atom is -0.493 e. The molecule has 138 valence electrons. The van der Waals surface area contributed by atoms with Gasteiger partial charge in [-0.05, 0) is 72.1 Å². The second-order valence-electron chi connectivity index (χ2n) is 6.56. The average Bonchev–Trinajstić information content (AvgIpc) is 3.03. The lowest BCUT2D eigenvalue weighted by Crippen LogP contribution is -2.17. The Bertz CT molecular complexity index is 874. The summed E-state index contributed by atoms with van der Waals surface area (Å²) in [7, 11) is 1.67. The smallest absolute Gasteiger partial charge is 0.175 e. The van der Waals surface area contributed by atoms with Gasteiger partial charge in [0.1, 0.15) is 0 Å². The van der Waals surface area contributed by atoms with E-state index in [4.69, 9.17) is 9.47 Å². The van der Waals surface area contributed by atoms with Crippen molar-refractivity contribution >= 4 is 26.8 Å². The van der Waals surface area contributed by atoms with E-state index in [0.717, 1.165) is 41.0 Å². The molecule has 0 saturated heterocycles. The lowest BCUT2D eigenvalue weighted by molar-refractivity contribution is 0.228. The van der Waals surface area contributed by atoms with Crippen LogP contribution >= 0.6 is 15.9 Å². The molecule has 1 heterocycles. The standard InChI is InChI=1S/C21H25BrN2O2/c1-14(2)26-21-18(22)10-15(11-20(21)25-3)12-23-9-8-16-13-24-19-7-5-4-6-17(16)19/h4-7,10-11,13-14,23-24H,8-9,12H2,1-3H3. The number of rotatable bonds is 8. The van der Waals surface area contributed by atoms with Crippen LogP contribution in [0.5, 0.6) is 11.5 Å². The molecule has 0 unspecified atom stereocenters. The fourth-order valence-electron chi connectivity index (χ4n) is 3.02. The first-order valence-corrected chi connectivity index (χ1v) is 9.66. The van der Waals surface area contributed by atoms with E-state index < -0.39 is 0 Å². The van der Waals surface area contributed by atoms with Crippen molar-refractivity contribution in [2.24, 2.45) is 0 Å². The summed E-state index contributed by atoms with van der Waals surface area (Å²) < 4.78 is 12.3. The summed E-state index contributed by atoms with van der Waals surface area (Å²) in [6.07, 6.45) is 3.18. The largest absolute Gasteiger partial charge is 0.493 e. The fourth-order valence-corrected chi connectivity index (χ4v) is 3.60. The molecule has 0 bridgehead atoms. The summed E-state index contributed by atoms with van der Waals surface area (Å²) in [5.41, 5.74) is 3.69. The highest BCUT2D eigenvalue weighted by Gasteiger charge is 2.13. The predicted molar refractivity (Wildman–Crippen MR) is 110 cm³/mol. The minimum atomic E-state index is 0.0975. The van der Waals surface area contributed by atoms with Crippen molar-refractivity contribution in [2.75, 3.05) is 13.7 Å². The van der Waals surface area contributed by atoms with Crippen molar-refractivity contribution in [1.82, 2.24) is 10.3 Å². The number of H-pyrrole nitrogens is 1. The van der Waals surface area contributed by atoms with Gasteiger partial charge < -0.3 is 19.8 Å². The number of hydrogen-bond donors (Lipinski definition) is 2. The van der Waals surface area contributed by atoms with Gasteiger partial charge >= 0.3 is 0 Å². The summed E-state index contributed by atoms with van der Waals surface area (Å²) in [4.78, 5) is 3.33.